The lowest BCUT2D eigenvalue weighted by atomic mass is 9.84. The molecule has 0 fully saturated rings. The van der Waals surface area contributed by atoms with Crippen LogP contribution in [0.2, 0.25) is 0 Å². The van der Waals surface area contributed by atoms with E-state index in [1.807, 2.05) is 44.2 Å². The number of nitriles is 1. The van der Waals surface area contributed by atoms with Gasteiger partial charge in [-0.25, -0.2) is 0 Å². The molecular formula is C25H32N4O3. The number of aryl methyl sites for hydroxylation is 1. The third-order valence-electron chi connectivity index (χ3n) is 5.96. The summed E-state index contributed by atoms with van der Waals surface area (Å²) in [6, 6.07) is 11.4. The highest BCUT2D eigenvalue weighted by atomic mass is 16.5. The number of benzene rings is 1. The van der Waals surface area contributed by atoms with Crippen LogP contribution in [0.15, 0.2) is 46.6 Å². The monoisotopic (exact) mass is 436 g/mol. The molecule has 7 nitrogen and oxygen atoms in total. The van der Waals surface area contributed by atoms with Gasteiger partial charge in [0.05, 0.1) is 18.1 Å². The Hall–Kier alpha value is -3.24. The van der Waals surface area contributed by atoms with Crippen molar-refractivity contribution >= 4 is 0 Å². The molecule has 3 rings (SSSR count). The molecule has 0 aliphatic carbocycles. The number of nitrogens with zero attached hydrogens (tertiary/aromatic N) is 3. The minimum absolute atomic E-state index is 0.0389. The normalized spacial score (nSPS) is 15.3. The maximum absolute atomic E-state index is 13.6. The van der Waals surface area contributed by atoms with Crippen molar-refractivity contribution in [2.45, 2.75) is 46.6 Å². The summed E-state index contributed by atoms with van der Waals surface area (Å²) < 4.78 is 13.0. The van der Waals surface area contributed by atoms with Gasteiger partial charge in [-0.05, 0) is 57.6 Å². The molecule has 0 amide bonds. The fourth-order valence-electron chi connectivity index (χ4n) is 4.21. The zero-order chi connectivity index (χ0) is 23.3. The van der Waals surface area contributed by atoms with Crippen LogP contribution in [0, 0.1) is 18.3 Å². The van der Waals surface area contributed by atoms with Crippen LogP contribution in [0.4, 0.5) is 0 Å². The number of aromatic nitrogens is 1. The van der Waals surface area contributed by atoms with Gasteiger partial charge in [0.25, 0.3) is 5.56 Å². The highest BCUT2D eigenvalue weighted by Gasteiger charge is 2.34. The van der Waals surface area contributed by atoms with Crippen molar-refractivity contribution in [3.05, 3.63) is 69.0 Å². The second kappa shape index (κ2) is 10.4. The smallest absolute Gasteiger partial charge is 0.258 e. The van der Waals surface area contributed by atoms with E-state index in [1.54, 1.807) is 4.57 Å². The highest BCUT2D eigenvalue weighted by molar-refractivity contribution is 5.55. The first-order valence-electron chi connectivity index (χ1n) is 11.2. The third kappa shape index (κ3) is 4.66. The number of pyridine rings is 1. The van der Waals surface area contributed by atoms with Gasteiger partial charge in [-0.15, -0.1) is 0 Å². The first kappa shape index (κ1) is 23.4. The van der Waals surface area contributed by atoms with Gasteiger partial charge in [-0.1, -0.05) is 26.0 Å². The lowest BCUT2D eigenvalue weighted by Crippen LogP contribution is -2.33. The van der Waals surface area contributed by atoms with Crippen molar-refractivity contribution in [1.29, 1.82) is 5.26 Å². The molecule has 170 valence electrons. The van der Waals surface area contributed by atoms with Gasteiger partial charge in [-0.3, -0.25) is 4.79 Å². The lowest BCUT2D eigenvalue weighted by Gasteiger charge is -2.27. The first-order valence-corrected chi connectivity index (χ1v) is 11.2. The molecule has 1 aliphatic rings. The Morgan fingerprint density at radius 2 is 1.91 bits per heavy atom. The second-order valence-electron chi connectivity index (χ2n) is 7.83. The summed E-state index contributed by atoms with van der Waals surface area (Å²) in [7, 11) is 0. The Labute approximate surface area is 189 Å². The molecule has 0 saturated carbocycles. The second-order valence-corrected chi connectivity index (χ2v) is 7.83. The average molecular weight is 437 g/mol. The molecule has 1 atom stereocenters. The maximum Gasteiger partial charge on any atom is 0.258 e. The highest BCUT2D eigenvalue weighted by Crippen LogP contribution is 2.40. The van der Waals surface area contributed by atoms with Crippen LogP contribution in [-0.2, 0) is 6.54 Å². The zero-order valence-corrected chi connectivity index (χ0v) is 19.4. The zero-order valence-electron chi connectivity index (χ0n) is 19.4. The molecule has 0 bridgehead atoms. The van der Waals surface area contributed by atoms with Gasteiger partial charge in [0.15, 0.2) is 0 Å². The number of fused-ring (bicyclic) bond motifs is 1. The van der Waals surface area contributed by atoms with Gasteiger partial charge in [0.2, 0.25) is 5.88 Å². The summed E-state index contributed by atoms with van der Waals surface area (Å²) in [5.41, 5.74) is 8.26. The van der Waals surface area contributed by atoms with E-state index in [0.29, 0.717) is 24.5 Å². The number of allylic oxidation sites excluding steroid dienone is 1. The number of rotatable bonds is 9. The Morgan fingerprint density at radius 3 is 2.50 bits per heavy atom. The van der Waals surface area contributed by atoms with Crippen LogP contribution in [0.5, 0.6) is 11.5 Å². The first-order chi connectivity index (χ1) is 15.4. The lowest BCUT2D eigenvalue weighted by molar-refractivity contribution is 0.292. The van der Waals surface area contributed by atoms with Gasteiger partial charge >= 0.3 is 0 Å². The minimum Gasteiger partial charge on any atom is -0.494 e. The van der Waals surface area contributed by atoms with E-state index in [0.717, 1.165) is 43.1 Å². The van der Waals surface area contributed by atoms with E-state index in [1.165, 1.54) is 0 Å². The van der Waals surface area contributed by atoms with E-state index in [9.17, 15) is 10.1 Å². The Morgan fingerprint density at radius 1 is 1.22 bits per heavy atom. The van der Waals surface area contributed by atoms with Gasteiger partial charge in [-0.2, -0.15) is 5.26 Å². The fourth-order valence-corrected chi connectivity index (χ4v) is 4.21. The molecule has 0 radical (unpaired) electrons. The average Bonchev–Trinajstić information content (AvgIpc) is 2.78. The Bertz CT molecular complexity index is 1080. The number of hydrogen-bond donors (Lipinski definition) is 1. The summed E-state index contributed by atoms with van der Waals surface area (Å²) >= 11 is 0. The molecule has 1 aromatic carbocycles. The van der Waals surface area contributed by atoms with Gasteiger partial charge in [0, 0.05) is 18.3 Å². The summed E-state index contributed by atoms with van der Waals surface area (Å²) in [5.74, 6) is 0.609. The van der Waals surface area contributed by atoms with Crippen LogP contribution in [-0.4, -0.2) is 35.7 Å². The molecule has 0 unspecified atom stereocenters. The van der Waals surface area contributed by atoms with E-state index < -0.39 is 5.92 Å². The van der Waals surface area contributed by atoms with Crippen molar-refractivity contribution in [2.24, 2.45) is 5.73 Å². The SMILES string of the molecule is CCOc1ccc([C@@H]2C(C#N)=C(N)Oc3cc(C)n(CCCN(CC)CC)c(=O)c32)cc1. The van der Waals surface area contributed by atoms with Crippen molar-refractivity contribution in [2.75, 3.05) is 26.2 Å². The van der Waals surface area contributed by atoms with Gasteiger partial charge < -0.3 is 24.7 Å². The van der Waals surface area contributed by atoms with Crippen LogP contribution < -0.4 is 20.8 Å². The molecule has 0 saturated heterocycles. The molecule has 0 spiro atoms. The largest absolute Gasteiger partial charge is 0.494 e. The van der Waals surface area contributed by atoms with Crippen LogP contribution in [0.25, 0.3) is 0 Å². The van der Waals surface area contributed by atoms with Crippen molar-refractivity contribution < 1.29 is 9.47 Å². The summed E-state index contributed by atoms with van der Waals surface area (Å²) in [6.45, 7) is 12.1. The Balaban J connectivity index is 2.04. The number of nitrogens with two attached hydrogens (primary N) is 1. The maximum atomic E-state index is 13.6. The summed E-state index contributed by atoms with van der Waals surface area (Å²) in [4.78, 5) is 16.0. The van der Waals surface area contributed by atoms with E-state index in [-0.39, 0.29) is 17.0 Å². The van der Waals surface area contributed by atoms with Crippen molar-refractivity contribution in [1.82, 2.24) is 9.47 Å². The number of hydrogen-bond acceptors (Lipinski definition) is 6. The molecule has 1 aromatic heterocycles. The fraction of sp³-hybridized carbons (Fsp3) is 0.440. The molecule has 2 aromatic rings. The van der Waals surface area contributed by atoms with Gasteiger partial charge in [0.1, 0.15) is 23.1 Å². The molecule has 7 heteroatoms. The molecule has 32 heavy (non-hydrogen) atoms. The summed E-state index contributed by atoms with van der Waals surface area (Å²) in [6.07, 6.45) is 0.860. The van der Waals surface area contributed by atoms with Crippen molar-refractivity contribution in [3.8, 4) is 17.6 Å². The molecule has 2 heterocycles. The van der Waals surface area contributed by atoms with Crippen LogP contribution >= 0.6 is 0 Å². The van der Waals surface area contributed by atoms with E-state index in [2.05, 4.69) is 24.8 Å². The van der Waals surface area contributed by atoms with Crippen LogP contribution in [0.1, 0.15) is 49.9 Å². The van der Waals surface area contributed by atoms with Crippen LogP contribution in [0.3, 0.4) is 0 Å². The van der Waals surface area contributed by atoms with E-state index >= 15 is 0 Å². The summed E-state index contributed by atoms with van der Waals surface area (Å²) in [5, 5.41) is 9.82. The van der Waals surface area contributed by atoms with E-state index in [4.69, 9.17) is 15.2 Å². The molecular weight excluding hydrogens is 404 g/mol. The minimum atomic E-state index is -0.582. The quantitative estimate of drug-likeness (QED) is 0.647. The standard InChI is InChI=1S/C25H32N4O3/c1-5-28(6-2)13-8-14-29-17(4)15-21-23(25(29)30)22(20(16-26)24(27)32-21)18-9-11-19(12-10-18)31-7-3/h9-12,15,22H,5-8,13-14,27H2,1-4H3/t22-/m1/s1. The molecule has 1 aliphatic heterocycles. The molecule has 2 N–H and O–H groups in total. The number of ether oxygens (including phenoxy) is 2. The topological polar surface area (TPSA) is 93.5 Å². The van der Waals surface area contributed by atoms with Crippen molar-refractivity contribution in [3.63, 3.8) is 0 Å². The Kier molecular flexibility index (Phi) is 7.60. The third-order valence-corrected chi connectivity index (χ3v) is 5.96. The predicted molar refractivity (Wildman–Crippen MR) is 125 cm³/mol. The predicted octanol–water partition coefficient (Wildman–Crippen LogP) is 3.51.